The van der Waals surface area contributed by atoms with E-state index in [-0.39, 0.29) is 6.04 Å². The quantitative estimate of drug-likeness (QED) is 0.843. The van der Waals surface area contributed by atoms with Crippen molar-refractivity contribution in [1.29, 1.82) is 0 Å². The highest BCUT2D eigenvalue weighted by Gasteiger charge is 2.25. The lowest BCUT2D eigenvalue weighted by Crippen LogP contribution is -2.47. The van der Waals surface area contributed by atoms with Gasteiger partial charge < -0.3 is 10.6 Å². The molecule has 2 amide bonds. The van der Waals surface area contributed by atoms with Crippen molar-refractivity contribution < 1.29 is 9.59 Å². The summed E-state index contributed by atoms with van der Waals surface area (Å²) in [5.74, 6) is -0.683. The molecule has 1 fully saturated rings. The molecular weight excluding hydrogens is 288 g/mol. The van der Waals surface area contributed by atoms with Crippen molar-refractivity contribution in [1.82, 2.24) is 10.6 Å². The van der Waals surface area contributed by atoms with Crippen LogP contribution in [0.2, 0.25) is 5.02 Å². The smallest absolute Gasteiger partial charge is 0.309 e. The van der Waals surface area contributed by atoms with Crippen LogP contribution in [0, 0.1) is 5.92 Å². The maximum Gasteiger partial charge on any atom is 0.309 e. The zero-order valence-corrected chi connectivity index (χ0v) is 13.0. The van der Waals surface area contributed by atoms with Gasteiger partial charge in [-0.25, -0.2) is 0 Å². The Labute approximate surface area is 130 Å². The van der Waals surface area contributed by atoms with Gasteiger partial charge in [0.05, 0.1) is 0 Å². The molecule has 0 spiro atoms. The van der Waals surface area contributed by atoms with Gasteiger partial charge in [-0.3, -0.25) is 9.59 Å². The van der Waals surface area contributed by atoms with E-state index in [0.29, 0.717) is 17.5 Å². The Hall–Kier alpha value is -1.55. The Bertz CT molecular complexity index is 502. The molecule has 114 valence electrons. The van der Waals surface area contributed by atoms with Crippen molar-refractivity contribution in [2.45, 2.75) is 45.2 Å². The second-order valence-electron chi connectivity index (χ2n) is 5.65. The predicted octanol–water partition coefficient (Wildman–Crippen LogP) is 2.65. The van der Waals surface area contributed by atoms with Gasteiger partial charge in [0.15, 0.2) is 0 Å². The molecule has 1 saturated carbocycles. The van der Waals surface area contributed by atoms with Gasteiger partial charge in [-0.05, 0) is 36.5 Å². The summed E-state index contributed by atoms with van der Waals surface area (Å²) < 4.78 is 0. The Balaban J connectivity index is 1.79. The number of hydrogen-bond acceptors (Lipinski definition) is 2. The first-order valence-corrected chi connectivity index (χ1v) is 7.77. The molecule has 0 saturated heterocycles. The fraction of sp³-hybridized carbons (Fsp3) is 0.500. The summed E-state index contributed by atoms with van der Waals surface area (Å²) >= 11 is 5.80. The molecule has 5 heteroatoms. The molecule has 2 N–H and O–H groups in total. The van der Waals surface area contributed by atoms with Crippen LogP contribution in [-0.4, -0.2) is 17.9 Å². The molecule has 0 radical (unpaired) electrons. The predicted molar refractivity (Wildman–Crippen MR) is 82.9 cm³/mol. The lowest BCUT2D eigenvalue weighted by atomic mass is 9.86. The van der Waals surface area contributed by atoms with E-state index < -0.39 is 11.8 Å². The van der Waals surface area contributed by atoms with Gasteiger partial charge in [-0.1, -0.05) is 43.5 Å². The number of carbonyl (C=O) groups excluding carboxylic acids is 2. The third-order valence-corrected chi connectivity index (χ3v) is 4.25. The molecule has 2 atom stereocenters. The molecule has 0 bridgehead atoms. The summed E-state index contributed by atoms with van der Waals surface area (Å²) in [6.07, 6.45) is 4.38. The van der Waals surface area contributed by atoms with E-state index in [9.17, 15) is 9.59 Å². The molecule has 1 aromatic rings. The zero-order valence-electron chi connectivity index (χ0n) is 12.2. The molecule has 4 nitrogen and oxygen atoms in total. The molecule has 1 aliphatic carbocycles. The minimum Gasteiger partial charge on any atom is -0.345 e. The lowest BCUT2D eigenvalue weighted by Gasteiger charge is -2.29. The molecule has 1 aliphatic rings. The molecule has 0 aromatic heterocycles. The zero-order chi connectivity index (χ0) is 15.2. The molecule has 21 heavy (non-hydrogen) atoms. The van der Waals surface area contributed by atoms with E-state index in [1.165, 1.54) is 6.42 Å². The molecule has 0 unspecified atom stereocenters. The SMILES string of the molecule is C[C@@H]1CCCC[C@@H]1NC(=O)C(=O)NCc1ccc(Cl)cc1. The maximum absolute atomic E-state index is 11.9. The van der Waals surface area contributed by atoms with Crippen LogP contribution in [0.1, 0.15) is 38.2 Å². The van der Waals surface area contributed by atoms with Crippen molar-refractivity contribution in [3.63, 3.8) is 0 Å². The summed E-state index contributed by atoms with van der Waals surface area (Å²) in [6.45, 7) is 2.44. The summed E-state index contributed by atoms with van der Waals surface area (Å²) in [5, 5.41) is 6.12. The van der Waals surface area contributed by atoms with E-state index in [2.05, 4.69) is 17.6 Å². The van der Waals surface area contributed by atoms with Crippen molar-refractivity contribution >= 4 is 23.4 Å². The van der Waals surface area contributed by atoms with E-state index in [4.69, 9.17) is 11.6 Å². The van der Waals surface area contributed by atoms with Crippen LogP contribution in [0.25, 0.3) is 0 Å². The minimum atomic E-state index is -0.581. The van der Waals surface area contributed by atoms with E-state index in [1.54, 1.807) is 12.1 Å². The summed E-state index contributed by atoms with van der Waals surface area (Å²) in [7, 11) is 0. The Kier molecular flexibility index (Phi) is 5.62. The third-order valence-electron chi connectivity index (χ3n) is 4.00. The topological polar surface area (TPSA) is 58.2 Å². The number of benzene rings is 1. The highest BCUT2D eigenvalue weighted by Crippen LogP contribution is 2.23. The first-order valence-electron chi connectivity index (χ1n) is 7.39. The van der Waals surface area contributed by atoms with Gasteiger partial charge in [-0.15, -0.1) is 0 Å². The summed E-state index contributed by atoms with van der Waals surface area (Å²) in [6, 6.07) is 7.28. The van der Waals surface area contributed by atoms with Crippen LogP contribution in [0.15, 0.2) is 24.3 Å². The molecule has 0 heterocycles. The number of carbonyl (C=O) groups is 2. The normalized spacial score (nSPS) is 21.6. The van der Waals surface area contributed by atoms with Gasteiger partial charge in [0.1, 0.15) is 0 Å². The molecular formula is C16H21ClN2O2. The van der Waals surface area contributed by atoms with Crippen LogP contribution < -0.4 is 10.6 Å². The number of hydrogen-bond donors (Lipinski definition) is 2. The first-order chi connectivity index (χ1) is 10.1. The molecule has 1 aromatic carbocycles. The molecule has 0 aliphatic heterocycles. The van der Waals surface area contributed by atoms with Crippen LogP contribution in [0.4, 0.5) is 0 Å². The second kappa shape index (κ2) is 7.46. The Morgan fingerprint density at radius 3 is 2.48 bits per heavy atom. The second-order valence-corrected chi connectivity index (χ2v) is 6.09. The number of nitrogens with one attached hydrogen (secondary N) is 2. The maximum atomic E-state index is 11.9. The Morgan fingerprint density at radius 2 is 1.81 bits per heavy atom. The fourth-order valence-electron chi connectivity index (χ4n) is 2.63. The number of halogens is 1. The largest absolute Gasteiger partial charge is 0.345 e. The fourth-order valence-corrected chi connectivity index (χ4v) is 2.76. The van der Waals surface area contributed by atoms with Crippen molar-refractivity contribution in [3.8, 4) is 0 Å². The van der Waals surface area contributed by atoms with Crippen molar-refractivity contribution in [2.24, 2.45) is 5.92 Å². The van der Waals surface area contributed by atoms with Crippen LogP contribution in [0.5, 0.6) is 0 Å². The van der Waals surface area contributed by atoms with E-state index in [1.807, 2.05) is 12.1 Å². The number of amides is 2. The third kappa shape index (κ3) is 4.74. The van der Waals surface area contributed by atoms with Gasteiger partial charge in [0.25, 0.3) is 0 Å². The Morgan fingerprint density at radius 1 is 1.14 bits per heavy atom. The van der Waals surface area contributed by atoms with Gasteiger partial charge >= 0.3 is 11.8 Å². The van der Waals surface area contributed by atoms with Crippen LogP contribution in [0.3, 0.4) is 0 Å². The van der Waals surface area contributed by atoms with Crippen LogP contribution in [-0.2, 0) is 16.1 Å². The average Bonchev–Trinajstić information content (AvgIpc) is 2.48. The minimum absolute atomic E-state index is 0.118. The standard InChI is InChI=1S/C16H21ClN2O2/c1-11-4-2-3-5-14(11)19-16(21)15(20)18-10-12-6-8-13(17)9-7-12/h6-9,11,14H,2-5,10H2,1H3,(H,18,20)(H,19,21)/t11-,14+/m1/s1. The van der Waals surface area contributed by atoms with Gasteiger partial charge in [0.2, 0.25) is 0 Å². The van der Waals surface area contributed by atoms with Gasteiger partial charge in [0, 0.05) is 17.6 Å². The summed E-state index contributed by atoms with van der Waals surface area (Å²) in [5.41, 5.74) is 0.909. The lowest BCUT2D eigenvalue weighted by molar-refractivity contribution is -0.140. The highest BCUT2D eigenvalue weighted by atomic mass is 35.5. The van der Waals surface area contributed by atoms with E-state index in [0.717, 1.165) is 24.8 Å². The monoisotopic (exact) mass is 308 g/mol. The van der Waals surface area contributed by atoms with Crippen molar-refractivity contribution in [2.75, 3.05) is 0 Å². The van der Waals surface area contributed by atoms with E-state index >= 15 is 0 Å². The van der Waals surface area contributed by atoms with Crippen molar-refractivity contribution in [3.05, 3.63) is 34.9 Å². The summed E-state index contributed by atoms with van der Waals surface area (Å²) in [4.78, 5) is 23.7. The molecule has 2 rings (SSSR count). The number of rotatable bonds is 3. The van der Waals surface area contributed by atoms with Gasteiger partial charge in [-0.2, -0.15) is 0 Å². The van der Waals surface area contributed by atoms with Crippen LogP contribution >= 0.6 is 11.6 Å². The highest BCUT2D eigenvalue weighted by molar-refractivity contribution is 6.35. The average molecular weight is 309 g/mol. The first kappa shape index (κ1) is 15.8.